The number of amides is 1. The van der Waals surface area contributed by atoms with Gasteiger partial charge in [-0.2, -0.15) is 0 Å². The molecule has 0 bridgehead atoms. The van der Waals surface area contributed by atoms with Gasteiger partial charge in [0, 0.05) is 23.7 Å². The first-order chi connectivity index (χ1) is 10.1. The van der Waals surface area contributed by atoms with Crippen LogP contribution in [0, 0.1) is 13.8 Å². The van der Waals surface area contributed by atoms with Crippen LogP contribution in [0.3, 0.4) is 0 Å². The van der Waals surface area contributed by atoms with E-state index in [0.29, 0.717) is 5.75 Å². The van der Waals surface area contributed by atoms with E-state index in [1.165, 1.54) is 0 Å². The van der Waals surface area contributed by atoms with E-state index in [1.807, 2.05) is 32.9 Å². The van der Waals surface area contributed by atoms with Crippen LogP contribution in [0.1, 0.15) is 35.5 Å². The fourth-order valence-electron chi connectivity index (χ4n) is 1.97. The molecule has 2 aromatic heterocycles. The Balaban J connectivity index is 1.78. The van der Waals surface area contributed by atoms with Crippen molar-refractivity contribution >= 4 is 17.7 Å². The highest BCUT2D eigenvalue weighted by atomic mass is 32.2. The molecule has 0 aliphatic rings. The van der Waals surface area contributed by atoms with E-state index in [0.717, 1.165) is 28.3 Å². The number of aromatic nitrogens is 2. The molecule has 0 aliphatic carbocycles. The SMILES string of the molecule is Cc1noc(C)c1CSCC(=O)NC(C)c1ccncc1. The van der Waals surface area contributed by atoms with E-state index in [1.54, 1.807) is 24.2 Å². The summed E-state index contributed by atoms with van der Waals surface area (Å²) in [6.07, 6.45) is 3.45. The Kier molecular flexibility index (Phi) is 5.38. The molecule has 0 fully saturated rings. The standard InChI is InChI=1S/C15H19N3O2S/c1-10(13-4-6-16-7-5-13)17-15(19)9-21-8-14-11(2)18-20-12(14)3/h4-7,10H,8-9H2,1-3H3,(H,17,19). The van der Waals surface area contributed by atoms with Crippen molar-refractivity contribution in [3.8, 4) is 0 Å². The van der Waals surface area contributed by atoms with Gasteiger partial charge < -0.3 is 9.84 Å². The van der Waals surface area contributed by atoms with E-state index in [4.69, 9.17) is 4.52 Å². The van der Waals surface area contributed by atoms with Gasteiger partial charge in [-0.05, 0) is 38.5 Å². The third-order valence-electron chi connectivity index (χ3n) is 3.24. The van der Waals surface area contributed by atoms with Gasteiger partial charge in [0.05, 0.1) is 17.5 Å². The van der Waals surface area contributed by atoms with Crippen LogP contribution in [-0.2, 0) is 10.5 Å². The molecular formula is C15H19N3O2S. The molecule has 1 amide bonds. The average Bonchev–Trinajstić information content (AvgIpc) is 2.80. The first kappa shape index (κ1) is 15.6. The molecule has 2 rings (SSSR count). The fourth-order valence-corrected chi connectivity index (χ4v) is 2.96. The van der Waals surface area contributed by atoms with Crippen molar-refractivity contribution in [2.24, 2.45) is 0 Å². The van der Waals surface area contributed by atoms with Crippen LogP contribution in [0.15, 0.2) is 29.0 Å². The number of nitrogens with one attached hydrogen (secondary N) is 1. The van der Waals surface area contributed by atoms with Crippen molar-refractivity contribution in [3.05, 3.63) is 47.1 Å². The van der Waals surface area contributed by atoms with Gasteiger partial charge in [0.15, 0.2) is 0 Å². The number of rotatable bonds is 6. The second-order valence-corrected chi connectivity index (χ2v) is 5.85. The monoisotopic (exact) mass is 305 g/mol. The summed E-state index contributed by atoms with van der Waals surface area (Å²) < 4.78 is 5.11. The van der Waals surface area contributed by atoms with Crippen molar-refractivity contribution < 1.29 is 9.32 Å². The first-order valence-electron chi connectivity index (χ1n) is 6.76. The predicted octanol–water partition coefficient (Wildman–Crippen LogP) is 2.80. The Hall–Kier alpha value is -1.82. The molecule has 1 atom stereocenters. The third-order valence-corrected chi connectivity index (χ3v) is 4.20. The van der Waals surface area contributed by atoms with Crippen molar-refractivity contribution in [3.63, 3.8) is 0 Å². The number of hydrogen-bond donors (Lipinski definition) is 1. The molecule has 0 saturated heterocycles. The number of carbonyl (C=O) groups excluding carboxylic acids is 1. The molecule has 0 radical (unpaired) electrons. The molecule has 21 heavy (non-hydrogen) atoms. The van der Waals surface area contributed by atoms with Crippen molar-refractivity contribution in [2.45, 2.75) is 32.6 Å². The summed E-state index contributed by atoms with van der Waals surface area (Å²) in [7, 11) is 0. The van der Waals surface area contributed by atoms with Gasteiger partial charge >= 0.3 is 0 Å². The second-order valence-electron chi connectivity index (χ2n) is 4.87. The Morgan fingerprint density at radius 1 is 1.38 bits per heavy atom. The van der Waals surface area contributed by atoms with Gasteiger partial charge in [-0.1, -0.05) is 5.16 Å². The van der Waals surface area contributed by atoms with Crippen LogP contribution in [0.2, 0.25) is 0 Å². The quantitative estimate of drug-likeness (QED) is 0.889. The number of nitrogens with zero attached hydrogens (tertiary/aromatic N) is 2. The number of thioether (sulfide) groups is 1. The van der Waals surface area contributed by atoms with E-state index in [-0.39, 0.29) is 11.9 Å². The largest absolute Gasteiger partial charge is 0.361 e. The summed E-state index contributed by atoms with van der Waals surface area (Å²) >= 11 is 1.56. The van der Waals surface area contributed by atoms with E-state index in [9.17, 15) is 4.79 Å². The minimum Gasteiger partial charge on any atom is -0.361 e. The molecule has 0 aliphatic heterocycles. The molecule has 5 nitrogen and oxygen atoms in total. The zero-order chi connectivity index (χ0) is 15.2. The van der Waals surface area contributed by atoms with Crippen molar-refractivity contribution in [1.29, 1.82) is 0 Å². The van der Waals surface area contributed by atoms with Gasteiger partial charge in [0.2, 0.25) is 5.91 Å². The van der Waals surface area contributed by atoms with Gasteiger partial charge in [-0.15, -0.1) is 11.8 Å². The molecule has 6 heteroatoms. The van der Waals surface area contributed by atoms with Crippen LogP contribution in [0.5, 0.6) is 0 Å². The maximum Gasteiger partial charge on any atom is 0.230 e. The highest BCUT2D eigenvalue weighted by Crippen LogP contribution is 2.19. The highest BCUT2D eigenvalue weighted by molar-refractivity contribution is 7.99. The molecular weight excluding hydrogens is 286 g/mol. The zero-order valence-electron chi connectivity index (χ0n) is 12.4. The van der Waals surface area contributed by atoms with Gasteiger partial charge in [-0.25, -0.2) is 0 Å². The van der Waals surface area contributed by atoms with Gasteiger partial charge in [0.25, 0.3) is 0 Å². The van der Waals surface area contributed by atoms with E-state index < -0.39 is 0 Å². The first-order valence-corrected chi connectivity index (χ1v) is 7.92. The smallest absolute Gasteiger partial charge is 0.230 e. The van der Waals surface area contributed by atoms with Crippen LogP contribution >= 0.6 is 11.8 Å². The maximum absolute atomic E-state index is 11.9. The second kappa shape index (κ2) is 7.26. The normalized spacial score (nSPS) is 12.1. The van der Waals surface area contributed by atoms with Crippen LogP contribution < -0.4 is 5.32 Å². The van der Waals surface area contributed by atoms with Gasteiger partial charge in [0.1, 0.15) is 5.76 Å². The van der Waals surface area contributed by atoms with Crippen LogP contribution in [0.4, 0.5) is 0 Å². The lowest BCUT2D eigenvalue weighted by molar-refractivity contribution is -0.119. The van der Waals surface area contributed by atoms with Crippen molar-refractivity contribution in [2.75, 3.05) is 5.75 Å². The summed E-state index contributed by atoms with van der Waals surface area (Å²) in [5.41, 5.74) is 3.02. The zero-order valence-corrected chi connectivity index (χ0v) is 13.2. The molecule has 2 heterocycles. The summed E-state index contributed by atoms with van der Waals surface area (Å²) in [4.78, 5) is 15.9. The summed E-state index contributed by atoms with van der Waals surface area (Å²) in [6, 6.07) is 3.80. The molecule has 2 aromatic rings. The number of aryl methyl sites for hydroxylation is 2. The van der Waals surface area contributed by atoms with Crippen LogP contribution in [-0.4, -0.2) is 21.8 Å². The number of hydrogen-bond acceptors (Lipinski definition) is 5. The lowest BCUT2D eigenvalue weighted by Crippen LogP contribution is -2.28. The Bertz CT molecular complexity index is 579. The highest BCUT2D eigenvalue weighted by Gasteiger charge is 2.12. The molecule has 0 saturated carbocycles. The Morgan fingerprint density at radius 3 is 2.71 bits per heavy atom. The van der Waals surface area contributed by atoms with E-state index in [2.05, 4.69) is 15.5 Å². The Morgan fingerprint density at radius 2 is 2.10 bits per heavy atom. The van der Waals surface area contributed by atoms with Crippen molar-refractivity contribution in [1.82, 2.24) is 15.5 Å². The number of pyridine rings is 1. The summed E-state index contributed by atoms with van der Waals surface area (Å²) in [5, 5.41) is 6.89. The molecule has 0 spiro atoms. The third kappa shape index (κ3) is 4.32. The molecule has 1 unspecified atom stereocenters. The van der Waals surface area contributed by atoms with E-state index >= 15 is 0 Å². The minimum absolute atomic E-state index is 0.0137. The molecule has 112 valence electrons. The summed E-state index contributed by atoms with van der Waals surface area (Å²) in [6.45, 7) is 5.77. The molecule has 1 N–H and O–H groups in total. The predicted molar refractivity (Wildman–Crippen MR) is 82.9 cm³/mol. The Labute approximate surface area is 128 Å². The van der Waals surface area contributed by atoms with Gasteiger partial charge in [-0.3, -0.25) is 9.78 Å². The number of carbonyl (C=O) groups is 1. The molecule has 0 aromatic carbocycles. The lowest BCUT2D eigenvalue weighted by Gasteiger charge is -2.13. The summed E-state index contributed by atoms with van der Waals surface area (Å²) in [5.74, 6) is 2.00. The van der Waals surface area contributed by atoms with Crippen LogP contribution in [0.25, 0.3) is 0 Å². The lowest BCUT2D eigenvalue weighted by atomic mass is 10.1. The maximum atomic E-state index is 11.9. The fraction of sp³-hybridized carbons (Fsp3) is 0.400. The minimum atomic E-state index is -0.0137. The topological polar surface area (TPSA) is 68.0 Å². The average molecular weight is 305 g/mol.